The number of nitrogens with two attached hydrogens (primary N) is 1. The van der Waals surface area contributed by atoms with Crippen molar-refractivity contribution in [3.63, 3.8) is 0 Å². The summed E-state index contributed by atoms with van der Waals surface area (Å²) in [5.41, 5.74) is 9.16. The van der Waals surface area contributed by atoms with Crippen molar-refractivity contribution in [2.24, 2.45) is 12.8 Å². The Bertz CT molecular complexity index is 637. The van der Waals surface area contributed by atoms with E-state index in [4.69, 9.17) is 22.1 Å². The van der Waals surface area contributed by atoms with Crippen LogP contribution < -0.4 is 10.5 Å². The van der Waals surface area contributed by atoms with Gasteiger partial charge in [0.2, 0.25) is 5.88 Å². The lowest BCUT2D eigenvalue weighted by Gasteiger charge is -2.13. The molecule has 0 bridgehead atoms. The molecule has 2 rings (SSSR count). The first-order chi connectivity index (χ1) is 9.92. The smallest absolute Gasteiger partial charge is 0.221 e. The lowest BCUT2D eigenvalue weighted by Crippen LogP contribution is -2.21. The maximum Gasteiger partial charge on any atom is 0.221 e. The fourth-order valence-corrected chi connectivity index (χ4v) is 2.52. The minimum atomic E-state index is 0.101. The van der Waals surface area contributed by atoms with Crippen LogP contribution in [0, 0.1) is 13.8 Å². The predicted molar refractivity (Wildman–Crippen MR) is 86.2 cm³/mol. The van der Waals surface area contributed by atoms with Gasteiger partial charge in [0.1, 0.15) is 5.75 Å². The van der Waals surface area contributed by atoms with Crippen LogP contribution in [0.5, 0.6) is 11.6 Å². The van der Waals surface area contributed by atoms with Crippen LogP contribution in [0.3, 0.4) is 0 Å². The molecule has 5 heteroatoms. The van der Waals surface area contributed by atoms with Gasteiger partial charge in [-0.25, -0.2) is 4.68 Å². The summed E-state index contributed by atoms with van der Waals surface area (Å²) < 4.78 is 7.74. The number of hydrogen-bond acceptors (Lipinski definition) is 3. The molecule has 0 aliphatic heterocycles. The summed E-state index contributed by atoms with van der Waals surface area (Å²) in [6.07, 6.45) is 1.66. The Morgan fingerprint density at radius 1 is 1.38 bits per heavy atom. The fraction of sp³-hybridized carbons (Fsp3) is 0.438. The molecule has 1 heterocycles. The average molecular weight is 308 g/mol. The third-order valence-electron chi connectivity index (χ3n) is 3.57. The lowest BCUT2D eigenvalue weighted by molar-refractivity contribution is 0.423. The van der Waals surface area contributed by atoms with E-state index in [0.29, 0.717) is 16.7 Å². The van der Waals surface area contributed by atoms with Crippen molar-refractivity contribution in [1.29, 1.82) is 0 Å². The van der Waals surface area contributed by atoms with Gasteiger partial charge in [0.15, 0.2) is 0 Å². The van der Waals surface area contributed by atoms with Gasteiger partial charge in [-0.15, -0.1) is 0 Å². The number of hydrogen-bond donors (Lipinski definition) is 1. The van der Waals surface area contributed by atoms with E-state index in [1.807, 2.05) is 39.1 Å². The Morgan fingerprint density at radius 2 is 2.10 bits per heavy atom. The van der Waals surface area contributed by atoms with Gasteiger partial charge in [-0.1, -0.05) is 24.6 Å². The Kier molecular flexibility index (Phi) is 4.91. The van der Waals surface area contributed by atoms with Crippen molar-refractivity contribution >= 4 is 11.6 Å². The summed E-state index contributed by atoms with van der Waals surface area (Å²) in [4.78, 5) is 0. The molecule has 0 spiro atoms. The molecule has 2 aromatic rings. The minimum absolute atomic E-state index is 0.101. The zero-order chi connectivity index (χ0) is 15.6. The molecule has 0 amide bonds. The number of aromatic nitrogens is 2. The van der Waals surface area contributed by atoms with Gasteiger partial charge in [0.05, 0.1) is 10.7 Å². The summed E-state index contributed by atoms with van der Waals surface area (Å²) in [5.74, 6) is 1.35. The first kappa shape index (κ1) is 15.9. The Hall–Kier alpha value is -1.52. The van der Waals surface area contributed by atoms with Crippen molar-refractivity contribution in [2.45, 2.75) is 39.7 Å². The van der Waals surface area contributed by atoms with Crippen molar-refractivity contribution in [2.75, 3.05) is 0 Å². The summed E-state index contributed by atoms with van der Waals surface area (Å²) in [6.45, 7) is 6.05. The van der Waals surface area contributed by atoms with E-state index < -0.39 is 0 Å². The van der Waals surface area contributed by atoms with Gasteiger partial charge >= 0.3 is 0 Å². The maximum absolute atomic E-state index is 6.24. The van der Waals surface area contributed by atoms with E-state index in [1.54, 1.807) is 4.68 Å². The fourth-order valence-electron chi connectivity index (χ4n) is 2.24. The Morgan fingerprint density at radius 3 is 2.71 bits per heavy atom. The average Bonchev–Trinajstić information content (AvgIpc) is 2.68. The van der Waals surface area contributed by atoms with Crippen molar-refractivity contribution < 1.29 is 4.74 Å². The van der Waals surface area contributed by atoms with Gasteiger partial charge in [-0.2, -0.15) is 5.10 Å². The number of aryl methyl sites for hydroxylation is 3. The van der Waals surface area contributed by atoms with Gasteiger partial charge in [-0.05, 0) is 44.4 Å². The molecule has 0 saturated heterocycles. The summed E-state index contributed by atoms with van der Waals surface area (Å²) in [5, 5.41) is 5.03. The molecule has 0 saturated carbocycles. The van der Waals surface area contributed by atoms with Crippen LogP contribution in [0.25, 0.3) is 0 Å². The lowest BCUT2D eigenvalue weighted by atomic mass is 10.1. The highest BCUT2D eigenvalue weighted by molar-refractivity contribution is 6.32. The molecule has 1 aromatic heterocycles. The normalized spacial score (nSPS) is 12.5. The number of nitrogens with zero attached hydrogens (tertiary/aromatic N) is 2. The van der Waals surface area contributed by atoms with E-state index in [0.717, 1.165) is 29.7 Å². The van der Waals surface area contributed by atoms with Crippen molar-refractivity contribution in [1.82, 2.24) is 9.78 Å². The van der Waals surface area contributed by atoms with Crippen LogP contribution in [0.1, 0.15) is 30.2 Å². The predicted octanol–water partition coefficient (Wildman–Crippen LogP) is 3.76. The van der Waals surface area contributed by atoms with Gasteiger partial charge in [0, 0.05) is 18.7 Å². The first-order valence-corrected chi connectivity index (χ1v) is 7.52. The first-order valence-electron chi connectivity index (χ1n) is 7.14. The third kappa shape index (κ3) is 3.57. The van der Waals surface area contributed by atoms with Gasteiger partial charge < -0.3 is 10.5 Å². The maximum atomic E-state index is 6.24. The van der Waals surface area contributed by atoms with Crippen LogP contribution in [-0.4, -0.2) is 15.8 Å². The van der Waals surface area contributed by atoms with Crippen LogP contribution in [0.4, 0.5) is 0 Å². The topological polar surface area (TPSA) is 53.1 Å². The Balaban J connectivity index is 2.34. The number of halogens is 1. The van der Waals surface area contributed by atoms with Crippen LogP contribution in [0.2, 0.25) is 5.02 Å². The minimum Gasteiger partial charge on any atom is -0.437 e. The van der Waals surface area contributed by atoms with Gasteiger partial charge in [0.25, 0.3) is 0 Å². The second kappa shape index (κ2) is 6.50. The molecule has 1 aromatic carbocycles. The highest BCUT2D eigenvalue weighted by Crippen LogP contribution is 2.33. The molecule has 0 radical (unpaired) electrons. The van der Waals surface area contributed by atoms with E-state index in [-0.39, 0.29) is 6.04 Å². The van der Waals surface area contributed by atoms with E-state index in [9.17, 15) is 0 Å². The molecule has 4 nitrogen and oxygen atoms in total. The second-order valence-corrected chi connectivity index (χ2v) is 5.81. The van der Waals surface area contributed by atoms with Crippen LogP contribution >= 0.6 is 11.6 Å². The molecular weight excluding hydrogens is 286 g/mol. The monoisotopic (exact) mass is 307 g/mol. The summed E-state index contributed by atoms with van der Waals surface area (Å²) in [7, 11) is 1.87. The Labute approximate surface area is 130 Å². The number of benzene rings is 1. The van der Waals surface area contributed by atoms with Crippen LogP contribution in [-0.2, 0) is 13.5 Å². The SMILES string of the molecule is CCC(N)Cc1c(C)nn(C)c1Oc1ccc(C)cc1Cl. The molecule has 0 aliphatic carbocycles. The standard InChI is InChI=1S/C16H22ClN3O/c1-5-12(18)9-13-11(3)19-20(4)16(13)21-15-7-6-10(2)8-14(15)17/h6-8,12H,5,9,18H2,1-4H3. The number of ether oxygens (including phenoxy) is 1. The van der Waals surface area contributed by atoms with E-state index in [1.165, 1.54) is 0 Å². The van der Waals surface area contributed by atoms with Crippen molar-refractivity contribution in [3.05, 3.63) is 40.0 Å². The zero-order valence-electron chi connectivity index (χ0n) is 13.0. The van der Waals surface area contributed by atoms with Crippen LogP contribution in [0.15, 0.2) is 18.2 Å². The number of rotatable bonds is 5. The van der Waals surface area contributed by atoms with Gasteiger partial charge in [-0.3, -0.25) is 0 Å². The summed E-state index contributed by atoms with van der Waals surface area (Å²) in [6, 6.07) is 5.84. The molecular formula is C16H22ClN3O. The molecule has 0 aliphatic rings. The highest BCUT2D eigenvalue weighted by Gasteiger charge is 2.18. The molecule has 2 N–H and O–H groups in total. The molecule has 114 valence electrons. The third-order valence-corrected chi connectivity index (χ3v) is 3.87. The molecule has 21 heavy (non-hydrogen) atoms. The molecule has 1 atom stereocenters. The summed E-state index contributed by atoms with van der Waals surface area (Å²) >= 11 is 6.24. The quantitative estimate of drug-likeness (QED) is 0.915. The molecule has 0 fully saturated rings. The van der Waals surface area contributed by atoms with Crippen molar-refractivity contribution in [3.8, 4) is 11.6 Å². The molecule has 1 unspecified atom stereocenters. The highest BCUT2D eigenvalue weighted by atomic mass is 35.5. The van der Waals surface area contributed by atoms with E-state index >= 15 is 0 Å². The largest absolute Gasteiger partial charge is 0.437 e. The zero-order valence-corrected chi connectivity index (χ0v) is 13.7. The van der Waals surface area contributed by atoms with E-state index in [2.05, 4.69) is 12.0 Å². The second-order valence-electron chi connectivity index (χ2n) is 5.40.